The molecule has 1 nitrogen and oxygen atoms in total. The van der Waals surface area contributed by atoms with E-state index in [0.717, 1.165) is 6.42 Å². The van der Waals surface area contributed by atoms with Gasteiger partial charge in [-0.2, -0.15) is 4.57 Å². The van der Waals surface area contributed by atoms with Crippen LogP contribution in [0.4, 0.5) is 0 Å². The molecule has 0 radical (unpaired) electrons. The molecule has 2 aliphatic heterocycles. The van der Waals surface area contributed by atoms with Crippen LogP contribution in [0.2, 0.25) is 0 Å². The number of aryl methyl sites for hydroxylation is 2. The van der Waals surface area contributed by atoms with Crippen molar-refractivity contribution >= 4 is 0 Å². The van der Waals surface area contributed by atoms with Crippen molar-refractivity contribution in [3.8, 4) is 0 Å². The van der Waals surface area contributed by atoms with E-state index in [0.29, 0.717) is 12.0 Å². The lowest BCUT2D eigenvalue weighted by Gasteiger charge is -2.50. The number of benzene rings is 3. The molecular formula is C29H26N+. The second kappa shape index (κ2) is 6.40. The molecule has 1 aromatic heterocycles. The van der Waals surface area contributed by atoms with Gasteiger partial charge in [0, 0.05) is 29.5 Å². The van der Waals surface area contributed by atoms with Gasteiger partial charge in [0.05, 0.1) is 5.92 Å². The Morgan fingerprint density at radius 1 is 0.667 bits per heavy atom. The SMILES string of the molecule is Cc1ccc(C2(c3ccc(C)cc3)CC3c4ccccc4C2c2cccc[n+]23)cc1. The van der Waals surface area contributed by atoms with E-state index in [4.69, 9.17) is 0 Å². The molecule has 0 saturated carbocycles. The van der Waals surface area contributed by atoms with Crippen LogP contribution >= 0.6 is 0 Å². The van der Waals surface area contributed by atoms with Gasteiger partial charge in [0.2, 0.25) is 0 Å². The summed E-state index contributed by atoms with van der Waals surface area (Å²) < 4.78 is 2.52. The minimum atomic E-state index is -0.0677. The molecule has 0 saturated heterocycles. The molecule has 2 atom stereocenters. The van der Waals surface area contributed by atoms with Gasteiger partial charge in [-0.1, -0.05) is 90.0 Å². The molecule has 0 N–H and O–H groups in total. The van der Waals surface area contributed by atoms with E-state index in [1.807, 2.05) is 0 Å². The molecule has 0 fully saturated rings. The van der Waals surface area contributed by atoms with E-state index in [1.54, 1.807) is 0 Å². The maximum absolute atomic E-state index is 2.52. The molecule has 0 spiro atoms. The molecular weight excluding hydrogens is 362 g/mol. The van der Waals surface area contributed by atoms with Crippen LogP contribution in [0.15, 0.2) is 97.2 Å². The number of aromatic nitrogens is 1. The molecule has 2 bridgehead atoms. The lowest BCUT2D eigenvalue weighted by atomic mass is 9.53. The van der Waals surface area contributed by atoms with Gasteiger partial charge in [0.25, 0.3) is 0 Å². The number of hydrogen-bond acceptors (Lipinski definition) is 0. The summed E-state index contributed by atoms with van der Waals surface area (Å²) in [6, 6.07) is 34.7. The second-order valence-electron chi connectivity index (χ2n) is 9.02. The van der Waals surface area contributed by atoms with Crippen LogP contribution in [0.25, 0.3) is 0 Å². The first kappa shape index (κ1) is 17.7. The van der Waals surface area contributed by atoms with Crippen molar-refractivity contribution in [1.29, 1.82) is 0 Å². The van der Waals surface area contributed by atoms with Crippen molar-refractivity contribution in [2.24, 2.45) is 0 Å². The van der Waals surface area contributed by atoms with E-state index in [9.17, 15) is 0 Å². The topological polar surface area (TPSA) is 3.88 Å². The van der Waals surface area contributed by atoms with E-state index in [2.05, 4.69) is 116 Å². The second-order valence-corrected chi connectivity index (χ2v) is 9.02. The van der Waals surface area contributed by atoms with Crippen molar-refractivity contribution in [3.63, 3.8) is 0 Å². The first-order chi connectivity index (χ1) is 14.7. The zero-order valence-electron chi connectivity index (χ0n) is 17.5. The Hall–Kier alpha value is -3.19. The van der Waals surface area contributed by atoms with Crippen molar-refractivity contribution in [3.05, 3.63) is 136 Å². The third-order valence-corrected chi connectivity index (χ3v) is 7.36. The molecule has 0 amide bonds. The third-order valence-electron chi connectivity index (χ3n) is 7.36. The van der Waals surface area contributed by atoms with Crippen molar-refractivity contribution in [1.82, 2.24) is 0 Å². The average molecular weight is 389 g/mol. The van der Waals surface area contributed by atoms with E-state index >= 15 is 0 Å². The number of nitrogens with zero attached hydrogens (tertiary/aromatic N) is 1. The normalized spacial score (nSPS) is 20.5. The number of pyridine rings is 1. The summed E-state index contributed by atoms with van der Waals surface area (Å²) in [5, 5.41) is 0. The van der Waals surface area contributed by atoms with E-state index in [-0.39, 0.29) is 5.41 Å². The van der Waals surface area contributed by atoms with Crippen LogP contribution in [0.5, 0.6) is 0 Å². The maximum atomic E-state index is 2.52. The largest absolute Gasteiger partial charge is 0.195 e. The Morgan fingerprint density at radius 2 is 1.23 bits per heavy atom. The highest BCUT2D eigenvalue weighted by Crippen LogP contribution is 2.59. The van der Waals surface area contributed by atoms with Gasteiger partial charge in [-0.05, 0) is 30.5 Å². The van der Waals surface area contributed by atoms with Crippen LogP contribution in [0.3, 0.4) is 0 Å². The van der Waals surface area contributed by atoms with Crippen LogP contribution in [0, 0.1) is 13.8 Å². The smallest absolute Gasteiger partial charge is 0.190 e. The molecule has 1 heteroatoms. The lowest BCUT2D eigenvalue weighted by molar-refractivity contribution is -0.732. The predicted molar refractivity (Wildman–Crippen MR) is 121 cm³/mol. The Bertz CT molecular complexity index is 1140. The summed E-state index contributed by atoms with van der Waals surface area (Å²) in [7, 11) is 0. The summed E-state index contributed by atoms with van der Waals surface area (Å²) in [6.07, 6.45) is 3.36. The van der Waals surface area contributed by atoms with Crippen molar-refractivity contribution in [2.45, 2.75) is 37.6 Å². The molecule has 146 valence electrons. The predicted octanol–water partition coefficient (Wildman–Crippen LogP) is 6.02. The lowest BCUT2D eigenvalue weighted by Crippen LogP contribution is -2.60. The Morgan fingerprint density at radius 3 is 1.87 bits per heavy atom. The fourth-order valence-corrected chi connectivity index (χ4v) is 5.97. The third kappa shape index (κ3) is 2.32. The van der Waals surface area contributed by atoms with Gasteiger partial charge in [-0.25, -0.2) is 0 Å². The molecule has 3 aromatic carbocycles. The minimum Gasteiger partial charge on any atom is -0.195 e. The summed E-state index contributed by atoms with van der Waals surface area (Å²) in [5.41, 5.74) is 9.81. The quantitative estimate of drug-likeness (QED) is 0.370. The number of hydrogen-bond donors (Lipinski definition) is 0. The standard InChI is InChI=1S/C29H26N/c1-20-10-14-22(15-11-20)29(23-16-12-21(2)13-17-23)19-27-24-7-3-4-8-25(24)28(29)26-9-5-6-18-30(26)27/h3-18,27-28H,19H2,1-2H3/q+1. The first-order valence-corrected chi connectivity index (χ1v) is 10.9. The van der Waals surface area contributed by atoms with Crippen LogP contribution in [-0.4, -0.2) is 0 Å². The van der Waals surface area contributed by atoms with Crippen LogP contribution in [-0.2, 0) is 5.41 Å². The highest BCUT2D eigenvalue weighted by molar-refractivity contribution is 5.55. The Kier molecular flexibility index (Phi) is 3.77. The molecule has 2 unspecified atom stereocenters. The van der Waals surface area contributed by atoms with E-state index < -0.39 is 0 Å². The molecule has 3 heterocycles. The zero-order chi connectivity index (χ0) is 20.3. The molecule has 3 aliphatic rings. The van der Waals surface area contributed by atoms with Gasteiger partial charge in [-0.15, -0.1) is 0 Å². The molecule has 4 aromatic rings. The first-order valence-electron chi connectivity index (χ1n) is 10.9. The highest BCUT2D eigenvalue weighted by atomic mass is 15.0. The number of rotatable bonds is 2. The van der Waals surface area contributed by atoms with Crippen LogP contribution in [0.1, 0.15) is 57.5 Å². The van der Waals surface area contributed by atoms with Gasteiger partial charge < -0.3 is 0 Å². The fraction of sp³-hybridized carbons (Fsp3) is 0.207. The Balaban J connectivity index is 1.70. The maximum Gasteiger partial charge on any atom is 0.190 e. The number of fused-ring (bicyclic) bond motifs is 1. The highest BCUT2D eigenvalue weighted by Gasteiger charge is 2.59. The monoisotopic (exact) mass is 388 g/mol. The summed E-state index contributed by atoms with van der Waals surface area (Å²) in [6.45, 7) is 4.35. The van der Waals surface area contributed by atoms with Crippen molar-refractivity contribution in [2.75, 3.05) is 0 Å². The summed E-state index contributed by atoms with van der Waals surface area (Å²) in [5.74, 6) is 0.297. The summed E-state index contributed by atoms with van der Waals surface area (Å²) >= 11 is 0. The van der Waals surface area contributed by atoms with Gasteiger partial charge in [0.15, 0.2) is 17.9 Å². The summed E-state index contributed by atoms with van der Waals surface area (Å²) in [4.78, 5) is 0. The van der Waals surface area contributed by atoms with Gasteiger partial charge >= 0.3 is 0 Å². The van der Waals surface area contributed by atoms with Crippen molar-refractivity contribution < 1.29 is 4.57 Å². The molecule has 7 rings (SSSR count). The van der Waals surface area contributed by atoms with Gasteiger partial charge in [-0.3, -0.25) is 0 Å². The van der Waals surface area contributed by atoms with Crippen LogP contribution < -0.4 is 4.57 Å². The average Bonchev–Trinajstić information content (AvgIpc) is 2.80. The minimum absolute atomic E-state index is 0.0677. The fourth-order valence-electron chi connectivity index (χ4n) is 5.97. The van der Waals surface area contributed by atoms with Gasteiger partial charge in [0.1, 0.15) is 0 Å². The molecule has 1 aliphatic carbocycles. The van der Waals surface area contributed by atoms with E-state index in [1.165, 1.54) is 39.1 Å². The Labute approximate surface area is 178 Å². The molecule has 30 heavy (non-hydrogen) atoms. The zero-order valence-corrected chi connectivity index (χ0v) is 17.5.